The Morgan fingerprint density at radius 3 is 0.733 bits per heavy atom. The van der Waals surface area contributed by atoms with Gasteiger partial charge in [0.25, 0.3) is 0 Å². The fraction of sp³-hybridized carbons (Fsp3) is 0.120. The number of fused-ring (bicyclic) bond motifs is 9. The molecule has 0 heterocycles. The molecule has 0 aliphatic heterocycles. The van der Waals surface area contributed by atoms with Gasteiger partial charge in [-0.25, -0.2) is 0 Å². The quantitative estimate of drug-likeness (QED) is 0.127. The molecule has 13 aromatic carbocycles. The van der Waals surface area contributed by atoms with Crippen LogP contribution in [0.2, 0.25) is 0 Å². The largest absolute Gasteiger partial charge is 0.0651 e. The second-order valence-corrected chi connectivity index (χ2v) is 21.6. The zero-order valence-electron chi connectivity index (χ0n) is 43.3. The summed E-state index contributed by atoms with van der Waals surface area (Å²) in [6.45, 7) is 9.38. The molecule has 0 amide bonds. The maximum Gasteiger partial charge on any atom is 0.0159 e. The molecule has 0 radical (unpaired) electrons. The average Bonchev–Trinajstić information content (AvgIpc) is 3.69. The summed E-state index contributed by atoms with van der Waals surface area (Å²) in [6, 6.07) is 88.0. The Morgan fingerprint density at radius 2 is 0.480 bits per heavy atom. The van der Waals surface area contributed by atoms with Gasteiger partial charge in [0.05, 0.1) is 0 Å². The molecule has 75 heavy (non-hydrogen) atoms. The molecule has 358 valence electrons. The van der Waals surface area contributed by atoms with Gasteiger partial charge in [-0.05, 0) is 179 Å². The first-order valence-electron chi connectivity index (χ1n) is 27.2. The van der Waals surface area contributed by atoms with E-state index in [-0.39, 0.29) is 5.41 Å². The van der Waals surface area contributed by atoms with Gasteiger partial charge in [-0.1, -0.05) is 259 Å². The van der Waals surface area contributed by atoms with Gasteiger partial charge in [0.2, 0.25) is 0 Å². The van der Waals surface area contributed by atoms with Crippen LogP contribution >= 0.6 is 0 Å². The van der Waals surface area contributed by atoms with E-state index in [0.717, 1.165) is 25.7 Å². The first-order chi connectivity index (χ1) is 36.9. The van der Waals surface area contributed by atoms with Crippen molar-refractivity contribution in [1.82, 2.24) is 0 Å². The topological polar surface area (TPSA) is 0 Å². The van der Waals surface area contributed by atoms with Crippen LogP contribution in [0.15, 0.2) is 231 Å². The molecule has 0 bridgehead atoms. The van der Waals surface area contributed by atoms with Crippen LogP contribution in [0.1, 0.15) is 62.8 Å². The highest BCUT2D eigenvalue weighted by molar-refractivity contribution is 6.30. The molecule has 1 aliphatic rings. The maximum absolute atomic E-state index is 2.53. The Bertz CT molecular complexity index is 4260. The molecule has 13 aromatic rings. The molecule has 0 aromatic heterocycles. The number of benzene rings is 13. The molecule has 0 N–H and O–H groups in total. The van der Waals surface area contributed by atoms with Gasteiger partial charge in [0.1, 0.15) is 0 Å². The van der Waals surface area contributed by atoms with Crippen molar-refractivity contribution < 1.29 is 0 Å². The molecule has 0 heteroatoms. The third-order valence-corrected chi connectivity index (χ3v) is 16.9. The van der Waals surface area contributed by atoms with Crippen LogP contribution < -0.4 is 0 Å². The highest BCUT2D eigenvalue weighted by Gasteiger charge is 2.37. The van der Waals surface area contributed by atoms with E-state index in [1.807, 2.05) is 0 Å². The summed E-state index contributed by atoms with van der Waals surface area (Å²) in [6.07, 6.45) is 4.48. The lowest BCUT2D eigenvalue weighted by atomic mass is 9.78. The van der Waals surface area contributed by atoms with E-state index in [4.69, 9.17) is 0 Å². The van der Waals surface area contributed by atoms with Crippen molar-refractivity contribution in [1.29, 1.82) is 0 Å². The Morgan fingerprint density at radius 1 is 0.253 bits per heavy atom. The van der Waals surface area contributed by atoms with E-state index in [2.05, 4.69) is 258 Å². The smallest absolute Gasteiger partial charge is 0.0159 e. The molecule has 0 spiro atoms. The lowest BCUT2D eigenvalue weighted by Crippen LogP contribution is -2.15. The van der Waals surface area contributed by atoms with Crippen molar-refractivity contribution >= 4 is 64.6 Å². The van der Waals surface area contributed by atoms with Gasteiger partial charge in [-0.3, -0.25) is 0 Å². The van der Waals surface area contributed by atoms with Crippen molar-refractivity contribution in [3.63, 3.8) is 0 Å². The Kier molecular flexibility index (Phi) is 10.7. The Balaban J connectivity index is 0.930. The van der Waals surface area contributed by atoms with E-state index in [0.29, 0.717) is 0 Å². The summed E-state index contributed by atoms with van der Waals surface area (Å²) in [7, 11) is 0. The minimum absolute atomic E-state index is 0.246. The van der Waals surface area contributed by atoms with Gasteiger partial charge >= 0.3 is 0 Å². The van der Waals surface area contributed by atoms with Crippen molar-refractivity contribution in [2.45, 2.75) is 58.8 Å². The van der Waals surface area contributed by atoms with Gasteiger partial charge in [-0.15, -0.1) is 0 Å². The van der Waals surface area contributed by atoms with Crippen LogP contribution in [0.3, 0.4) is 0 Å². The van der Waals surface area contributed by atoms with Gasteiger partial charge in [-0.2, -0.15) is 0 Å². The van der Waals surface area contributed by atoms with Crippen LogP contribution in [0.5, 0.6) is 0 Å². The van der Waals surface area contributed by atoms with Crippen molar-refractivity contribution in [2.75, 3.05) is 0 Å². The van der Waals surface area contributed by atoms with Crippen molar-refractivity contribution in [2.24, 2.45) is 0 Å². The summed E-state index contributed by atoms with van der Waals surface area (Å²) < 4.78 is 0. The molecular formula is C75H58. The predicted molar refractivity (Wildman–Crippen MR) is 324 cm³/mol. The summed E-state index contributed by atoms with van der Waals surface area (Å²) >= 11 is 0. The Hall–Kier alpha value is -8.58. The fourth-order valence-electron chi connectivity index (χ4n) is 13.5. The Labute approximate surface area is 440 Å². The van der Waals surface area contributed by atoms with Crippen molar-refractivity contribution in [3.05, 3.63) is 253 Å². The van der Waals surface area contributed by atoms with E-state index in [1.165, 1.54) is 154 Å². The lowest BCUT2D eigenvalue weighted by Gasteiger charge is -2.24. The number of rotatable bonds is 9. The fourth-order valence-corrected chi connectivity index (χ4v) is 13.5. The molecule has 1 aliphatic carbocycles. The predicted octanol–water partition coefficient (Wildman–Crippen LogP) is 21.2. The molecule has 0 unspecified atom stereocenters. The van der Waals surface area contributed by atoms with Crippen molar-refractivity contribution in [3.8, 4) is 66.8 Å². The van der Waals surface area contributed by atoms with Crippen LogP contribution in [-0.2, 0) is 18.3 Å². The van der Waals surface area contributed by atoms with Gasteiger partial charge in [0, 0.05) is 5.41 Å². The second-order valence-electron chi connectivity index (χ2n) is 21.6. The number of aryl methyl sites for hydroxylation is 2. The number of hydrogen-bond donors (Lipinski definition) is 0. The molecule has 0 atom stereocenters. The number of hydrogen-bond acceptors (Lipinski definition) is 0. The van der Waals surface area contributed by atoms with Crippen LogP contribution in [0.25, 0.3) is 131 Å². The van der Waals surface area contributed by atoms with Crippen LogP contribution in [0, 0.1) is 0 Å². The molecule has 0 fully saturated rings. The summed E-state index contributed by atoms with van der Waals surface area (Å²) in [5, 5.41) is 15.3. The SMILES string of the molecule is CCCc1ccc(-c2c3ccccc3c(-c3ccc4c(c3)C(C)(C)c3cc(-c5c6ccccc6c(-c6c7ccccc7c(-c7ccc(CCC)cc7)c7ccccc67)c6ccccc56)ccc3-4)c3ccccc23)cc1. The standard InChI is InChI=1S/C75H58/c1-5-19-47-33-37-49(38-34-47)69-55-21-7-9-23-57(55)71(58-24-10-8-22-56(58)69)51-41-43-53-54-44-42-52(46-68(54)75(3,4)67(53)45-51)72-61-27-13-17-31-65(61)74(66-32-18-14-28-62(66)72)73-63-29-15-11-25-59(63)70(60-26-12-16-30-64(60)73)50-39-35-48(20-6-2)36-40-50/h7-18,21-46H,5-6,19-20H2,1-4H3. The summed E-state index contributed by atoms with van der Waals surface area (Å²) in [5.74, 6) is 0. The first kappa shape index (κ1) is 45.1. The van der Waals surface area contributed by atoms with E-state index >= 15 is 0 Å². The highest BCUT2D eigenvalue weighted by Crippen LogP contribution is 2.55. The van der Waals surface area contributed by atoms with Gasteiger partial charge in [0.15, 0.2) is 0 Å². The zero-order chi connectivity index (χ0) is 50.4. The lowest BCUT2D eigenvalue weighted by molar-refractivity contribution is 0.661. The summed E-state index contributed by atoms with van der Waals surface area (Å²) in [4.78, 5) is 0. The monoisotopic (exact) mass is 958 g/mol. The normalized spacial score (nSPS) is 12.9. The maximum atomic E-state index is 2.53. The zero-order valence-corrected chi connectivity index (χ0v) is 43.3. The minimum atomic E-state index is -0.246. The van der Waals surface area contributed by atoms with E-state index in [9.17, 15) is 0 Å². The van der Waals surface area contributed by atoms with Crippen LogP contribution in [-0.4, -0.2) is 0 Å². The summed E-state index contributed by atoms with van der Waals surface area (Å²) in [5.41, 5.74) is 20.8. The highest BCUT2D eigenvalue weighted by atomic mass is 14.4. The minimum Gasteiger partial charge on any atom is -0.0651 e. The van der Waals surface area contributed by atoms with E-state index < -0.39 is 0 Å². The molecule has 0 nitrogen and oxygen atoms in total. The first-order valence-corrected chi connectivity index (χ1v) is 27.2. The molecule has 0 saturated carbocycles. The molecule has 14 rings (SSSR count). The third kappa shape index (κ3) is 7.03. The van der Waals surface area contributed by atoms with Gasteiger partial charge < -0.3 is 0 Å². The molecular weight excluding hydrogens is 901 g/mol. The average molecular weight is 959 g/mol. The van der Waals surface area contributed by atoms with Crippen LogP contribution in [0.4, 0.5) is 0 Å². The van der Waals surface area contributed by atoms with E-state index in [1.54, 1.807) is 0 Å². The third-order valence-electron chi connectivity index (χ3n) is 16.9. The molecule has 0 saturated heterocycles. The second kappa shape index (κ2) is 17.8.